The maximum absolute atomic E-state index is 12.1. The first-order valence-electron chi connectivity index (χ1n) is 7.25. The van der Waals surface area contributed by atoms with Gasteiger partial charge in [0.1, 0.15) is 16.4 Å². The van der Waals surface area contributed by atoms with E-state index < -0.39 is 0 Å². The highest BCUT2D eigenvalue weighted by Gasteiger charge is 2.27. The first-order valence-corrected chi connectivity index (χ1v) is 8.04. The molecule has 1 atom stereocenters. The monoisotopic (exact) mass is 341 g/mol. The number of aromatic nitrogens is 2. The average molecular weight is 342 g/mol. The van der Waals surface area contributed by atoms with Crippen molar-refractivity contribution in [2.75, 3.05) is 26.7 Å². The number of ether oxygens (including phenoxy) is 1. The lowest BCUT2D eigenvalue weighted by molar-refractivity contribution is -0.0257. The van der Waals surface area contributed by atoms with Gasteiger partial charge in [-0.15, -0.1) is 0 Å². The number of aromatic amines is 1. The van der Waals surface area contributed by atoms with Crippen molar-refractivity contribution in [3.63, 3.8) is 0 Å². The number of likely N-dealkylation sites (N-methyl/N-ethyl adjacent to an activating group) is 1. The predicted octanol–water partition coefficient (Wildman–Crippen LogP) is 2.19. The van der Waals surface area contributed by atoms with Crippen LogP contribution in [0.1, 0.15) is 49.2 Å². The van der Waals surface area contributed by atoms with Gasteiger partial charge in [0.15, 0.2) is 0 Å². The zero-order valence-electron chi connectivity index (χ0n) is 11.7. The maximum Gasteiger partial charge on any atom is 0.265 e. The SMILES string of the molecule is CN1CCOC(c2nc(C3CCCC3)c(Br)c(=O)[nH]2)C1. The molecule has 0 bridgehead atoms. The van der Waals surface area contributed by atoms with Crippen LogP contribution in [0.25, 0.3) is 0 Å². The van der Waals surface area contributed by atoms with Gasteiger partial charge in [-0.2, -0.15) is 0 Å². The average Bonchev–Trinajstić information content (AvgIpc) is 2.95. The zero-order valence-corrected chi connectivity index (χ0v) is 13.3. The molecule has 1 aliphatic carbocycles. The van der Waals surface area contributed by atoms with E-state index >= 15 is 0 Å². The standard InChI is InChI=1S/C14H20BrN3O2/c1-18-6-7-20-10(8-18)13-16-12(9-4-2-3-5-9)11(15)14(19)17-13/h9-10H,2-8H2,1H3,(H,16,17,19). The smallest absolute Gasteiger partial charge is 0.265 e. The van der Waals surface area contributed by atoms with Gasteiger partial charge in [-0.3, -0.25) is 4.79 Å². The summed E-state index contributed by atoms with van der Waals surface area (Å²) in [6, 6.07) is 0. The van der Waals surface area contributed by atoms with Crippen LogP contribution in [-0.4, -0.2) is 41.6 Å². The van der Waals surface area contributed by atoms with Gasteiger partial charge in [0.25, 0.3) is 5.56 Å². The summed E-state index contributed by atoms with van der Waals surface area (Å²) in [5, 5.41) is 0. The van der Waals surface area contributed by atoms with Gasteiger partial charge in [-0.05, 0) is 35.8 Å². The molecular formula is C14H20BrN3O2. The normalized spacial score (nSPS) is 25.2. The third kappa shape index (κ3) is 2.82. The Morgan fingerprint density at radius 3 is 2.85 bits per heavy atom. The van der Waals surface area contributed by atoms with E-state index in [4.69, 9.17) is 9.72 Å². The fraction of sp³-hybridized carbons (Fsp3) is 0.714. The minimum absolute atomic E-state index is 0.0891. The van der Waals surface area contributed by atoms with Gasteiger partial charge in [0, 0.05) is 19.0 Å². The molecule has 6 heteroatoms. The van der Waals surface area contributed by atoms with Gasteiger partial charge < -0.3 is 14.6 Å². The summed E-state index contributed by atoms with van der Waals surface area (Å²) < 4.78 is 6.35. The fourth-order valence-corrected chi connectivity index (χ4v) is 3.57. The molecule has 20 heavy (non-hydrogen) atoms. The molecule has 3 rings (SSSR count). The van der Waals surface area contributed by atoms with E-state index in [9.17, 15) is 4.79 Å². The quantitative estimate of drug-likeness (QED) is 0.895. The van der Waals surface area contributed by atoms with Crippen LogP contribution in [0.15, 0.2) is 9.27 Å². The summed E-state index contributed by atoms with van der Waals surface area (Å²) in [7, 11) is 2.06. The number of hydrogen-bond donors (Lipinski definition) is 1. The second kappa shape index (κ2) is 5.95. The van der Waals surface area contributed by atoms with E-state index in [1.165, 1.54) is 12.8 Å². The molecule has 0 radical (unpaired) electrons. The molecule has 1 N–H and O–H groups in total. The van der Waals surface area contributed by atoms with Crippen LogP contribution in [0.3, 0.4) is 0 Å². The summed E-state index contributed by atoms with van der Waals surface area (Å²) in [6.45, 7) is 2.38. The molecule has 1 aromatic rings. The van der Waals surface area contributed by atoms with Crippen LogP contribution in [0.5, 0.6) is 0 Å². The Balaban J connectivity index is 1.93. The highest BCUT2D eigenvalue weighted by Crippen LogP contribution is 2.35. The summed E-state index contributed by atoms with van der Waals surface area (Å²) in [4.78, 5) is 21.9. The highest BCUT2D eigenvalue weighted by atomic mass is 79.9. The molecule has 2 heterocycles. The largest absolute Gasteiger partial charge is 0.368 e. The number of nitrogens with one attached hydrogen (secondary N) is 1. The summed E-state index contributed by atoms with van der Waals surface area (Å²) in [5.74, 6) is 1.08. The molecule has 1 unspecified atom stereocenters. The molecule has 2 aliphatic rings. The summed E-state index contributed by atoms with van der Waals surface area (Å²) in [6.07, 6.45) is 4.57. The van der Waals surface area contributed by atoms with Crippen LogP contribution in [0.2, 0.25) is 0 Å². The molecule has 0 aromatic carbocycles. The topological polar surface area (TPSA) is 58.2 Å². The second-order valence-electron chi connectivity index (χ2n) is 5.75. The zero-order chi connectivity index (χ0) is 14.1. The third-order valence-corrected chi connectivity index (χ3v) is 4.99. The Morgan fingerprint density at radius 2 is 2.15 bits per heavy atom. The van der Waals surface area contributed by atoms with Crippen molar-refractivity contribution in [2.45, 2.75) is 37.7 Å². The number of hydrogen-bond acceptors (Lipinski definition) is 4. The lowest BCUT2D eigenvalue weighted by Gasteiger charge is -2.29. The van der Waals surface area contributed by atoms with Crippen molar-refractivity contribution in [3.8, 4) is 0 Å². The lowest BCUT2D eigenvalue weighted by Crippen LogP contribution is -2.37. The van der Waals surface area contributed by atoms with Gasteiger partial charge in [-0.1, -0.05) is 12.8 Å². The molecule has 1 saturated heterocycles. The lowest BCUT2D eigenvalue weighted by atomic mass is 10.0. The number of halogens is 1. The molecule has 1 aliphatic heterocycles. The Labute approximate surface area is 126 Å². The number of H-pyrrole nitrogens is 1. The summed E-state index contributed by atoms with van der Waals surface area (Å²) in [5.41, 5.74) is 0.826. The van der Waals surface area contributed by atoms with Gasteiger partial charge >= 0.3 is 0 Å². The predicted molar refractivity (Wildman–Crippen MR) is 80.0 cm³/mol. The van der Waals surface area contributed by atoms with Crippen LogP contribution in [0.4, 0.5) is 0 Å². The van der Waals surface area contributed by atoms with Crippen LogP contribution in [0, 0.1) is 0 Å². The van der Waals surface area contributed by atoms with Crippen molar-refractivity contribution in [3.05, 3.63) is 26.3 Å². The van der Waals surface area contributed by atoms with Crippen molar-refractivity contribution < 1.29 is 4.74 Å². The van der Waals surface area contributed by atoms with E-state index in [1.807, 2.05) is 0 Å². The van der Waals surface area contributed by atoms with Crippen LogP contribution in [-0.2, 0) is 4.74 Å². The third-order valence-electron chi connectivity index (χ3n) is 4.22. The highest BCUT2D eigenvalue weighted by molar-refractivity contribution is 9.10. The van der Waals surface area contributed by atoms with Crippen molar-refractivity contribution in [1.29, 1.82) is 0 Å². The van der Waals surface area contributed by atoms with E-state index in [-0.39, 0.29) is 11.7 Å². The Morgan fingerprint density at radius 1 is 1.40 bits per heavy atom. The van der Waals surface area contributed by atoms with Crippen LogP contribution < -0.4 is 5.56 Å². The number of morpholine rings is 1. The first-order chi connectivity index (χ1) is 9.65. The van der Waals surface area contributed by atoms with Gasteiger partial charge in [0.05, 0.1) is 12.3 Å². The Hall–Kier alpha value is -0.720. The molecule has 0 spiro atoms. The Bertz CT molecular complexity index is 540. The first kappa shape index (κ1) is 14.2. The minimum Gasteiger partial charge on any atom is -0.368 e. The van der Waals surface area contributed by atoms with Crippen molar-refractivity contribution in [1.82, 2.24) is 14.9 Å². The Kier molecular flexibility index (Phi) is 4.23. The summed E-state index contributed by atoms with van der Waals surface area (Å²) >= 11 is 3.40. The van der Waals surface area contributed by atoms with Gasteiger partial charge in [-0.25, -0.2) is 4.98 Å². The van der Waals surface area contributed by atoms with Crippen molar-refractivity contribution in [2.24, 2.45) is 0 Å². The van der Waals surface area contributed by atoms with E-state index in [0.29, 0.717) is 22.8 Å². The van der Waals surface area contributed by atoms with Crippen molar-refractivity contribution >= 4 is 15.9 Å². The van der Waals surface area contributed by atoms with Gasteiger partial charge in [0.2, 0.25) is 0 Å². The minimum atomic E-state index is -0.130. The molecular weight excluding hydrogens is 322 g/mol. The fourth-order valence-electron chi connectivity index (χ4n) is 3.06. The molecule has 1 saturated carbocycles. The molecule has 5 nitrogen and oxygen atoms in total. The molecule has 110 valence electrons. The van der Waals surface area contributed by atoms with Crippen LogP contribution >= 0.6 is 15.9 Å². The second-order valence-corrected chi connectivity index (χ2v) is 6.55. The molecule has 1 aromatic heterocycles. The van der Waals surface area contributed by atoms with E-state index in [1.54, 1.807) is 0 Å². The number of nitrogens with zero attached hydrogens (tertiary/aromatic N) is 2. The molecule has 2 fully saturated rings. The number of rotatable bonds is 2. The van der Waals surface area contributed by atoms with E-state index in [0.717, 1.165) is 31.6 Å². The van der Waals surface area contributed by atoms with E-state index in [2.05, 4.69) is 32.9 Å². The molecule has 0 amide bonds. The maximum atomic E-state index is 12.1.